The predicted octanol–water partition coefficient (Wildman–Crippen LogP) is 4.23. The molecule has 1 unspecified atom stereocenters. The first-order valence-electron chi connectivity index (χ1n) is 7.56. The lowest BCUT2D eigenvalue weighted by molar-refractivity contribution is 0.308. The van der Waals surface area contributed by atoms with E-state index >= 15 is 0 Å². The third-order valence-corrected chi connectivity index (χ3v) is 5.54. The summed E-state index contributed by atoms with van der Waals surface area (Å²) in [6.45, 7) is 4.55. The number of hydrogen-bond donors (Lipinski definition) is 1. The topological polar surface area (TPSA) is 30.5 Å². The highest BCUT2D eigenvalue weighted by atomic mass is 79.9. The third kappa shape index (κ3) is 5.08. The molecule has 0 radical (unpaired) electrons. The Balaban J connectivity index is 1.92. The molecule has 1 fully saturated rings. The summed E-state index contributed by atoms with van der Waals surface area (Å²) in [4.78, 5) is 0. The van der Waals surface area contributed by atoms with E-state index in [1.165, 1.54) is 30.6 Å². The molecule has 21 heavy (non-hydrogen) atoms. The quantitative estimate of drug-likeness (QED) is 0.774. The largest absolute Gasteiger partial charge is 0.493 e. The molecule has 3 nitrogen and oxygen atoms in total. The lowest BCUT2D eigenvalue weighted by Crippen LogP contribution is -2.26. The maximum Gasteiger partial charge on any atom is 0.175 e. The van der Waals surface area contributed by atoms with E-state index in [0.717, 1.165) is 34.3 Å². The molecule has 0 amide bonds. The number of halogens is 1. The minimum atomic E-state index is 0.630. The Bertz CT molecular complexity index is 450. The van der Waals surface area contributed by atoms with E-state index in [-0.39, 0.29) is 0 Å². The molecule has 1 N–H and O–H groups in total. The first-order chi connectivity index (χ1) is 10.2. The molecule has 0 saturated carbocycles. The van der Waals surface area contributed by atoms with Gasteiger partial charge in [-0.05, 0) is 59.1 Å². The van der Waals surface area contributed by atoms with Gasteiger partial charge in [0.15, 0.2) is 11.5 Å². The number of nitrogens with one attached hydrogen (secondary N) is 1. The molecule has 118 valence electrons. The Kier molecular flexibility index (Phi) is 7.20. The highest BCUT2D eigenvalue weighted by Gasteiger charge is 2.14. The first-order valence-corrected chi connectivity index (χ1v) is 9.40. The van der Waals surface area contributed by atoms with Crippen LogP contribution >= 0.6 is 27.7 Å². The summed E-state index contributed by atoms with van der Waals surface area (Å²) in [5.41, 5.74) is 1.21. The van der Waals surface area contributed by atoms with Crippen molar-refractivity contribution in [2.45, 2.75) is 38.0 Å². The van der Waals surface area contributed by atoms with Gasteiger partial charge in [0.25, 0.3) is 0 Å². The number of hydrogen-bond acceptors (Lipinski definition) is 4. The summed E-state index contributed by atoms with van der Waals surface area (Å²) in [5.74, 6) is 2.89. The average Bonchev–Trinajstić information content (AvgIpc) is 2.51. The van der Waals surface area contributed by atoms with E-state index in [4.69, 9.17) is 9.47 Å². The summed E-state index contributed by atoms with van der Waals surface area (Å²) in [5, 5.41) is 4.33. The normalized spacial score (nSPS) is 18.5. The van der Waals surface area contributed by atoms with Crippen molar-refractivity contribution in [1.29, 1.82) is 0 Å². The lowest BCUT2D eigenvalue weighted by atomic mass is 10.1. The van der Waals surface area contributed by atoms with Crippen molar-refractivity contribution in [3.05, 3.63) is 22.2 Å². The van der Waals surface area contributed by atoms with E-state index in [9.17, 15) is 0 Å². The van der Waals surface area contributed by atoms with Crippen molar-refractivity contribution in [3.63, 3.8) is 0 Å². The van der Waals surface area contributed by atoms with Crippen molar-refractivity contribution >= 4 is 27.7 Å². The molecule has 0 aromatic heterocycles. The van der Waals surface area contributed by atoms with Gasteiger partial charge in [-0.3, -0.25) is 0 Å². The molecule has 2 rings (SSSR count). The zero-order valence-corrected chi connectivity index (χ0v) is 15.2. The fraction of sp³-hybridized carbons (Fsp3) is 0.625. The van der Waals surface area contributed by atoms with E-state index in [1.807, 2.05) is 6.92 Å². The Labute approximate surface area is 140 Å². The molecule has 1 aliphatic heterocycles. The Hall–Kier alpha value is -0.390. The van der Waals surface area contributed by atoms with E-state index < -0.39 is 0 Å². The zero-order valence-electron chi connectivity index (χ0n) is 12.8. The number of methoxy groups -OCH3 is 1. The van der Waals surface area contributed by atoms with Crippen LogP contribution in [0.1, 0.15) is 31.7 Å². The highest BCUT2D eigenvalue weighted by molar-refractivity contribution is 9.10. The molecule has 1 aromatic rings. The van der Waals surface area contributed by atoms with E-state index in [0.29, 0.717) is 6.61 Å². The van der Waals surface area contributed by atoms with Gasteiger partial charge in [-0.15, -0.1) is 0 Å². The van der Waals surface area contributed by atoms with E-state index in [1.54, 1.807) is 7.11 Å². The van der Waals surface area contributed by atoms with Gasteiger partial charge in [-0.1, -0.05) is 6.42 Å². The molecular weight excluding hydrogens is 350 g/mol. The molecule has 0 spiro atoms. The van der Waals surface area contributed by atoms with Crippen LogP contribution in [0.15, 0.2) is 16.6 Å². The van der Waals surface area contributed by atoms with Gasteiger partial charge in [0.05, 0.1) is 18.2 Å². The van der Waals surface area contributed by atoms with Gasteiger partial charge in [-0.25, -0.2) is 0 Å². The third-order valence-electron chi connectivity index (χ3n) is 3.55. The lowest BCUT2D eigenvalue weighted by Gasteiger charge is -2.21. The summed E-state index contributed by atoms with van der Waals surface area (Å²) in [6.07, 6.45) is 4.10. The maximum atomic E-state index is 5.62. The van der Waals surface area contributed by atoms with Crippen molar-refractivity contribution < 1.29 is 9.47 Å². The number of thioether (sulfide) groups is 1. The van der Waals surface area contributed by atoms with Crippen molar-refractivity contribution in [2.75, 3.05) is 26.0 Å². The minimum absolute atomic E-state index is 0.630. The molecule has 1 aliphatic rings. The van der Waals surface area contributed by atoms with E-state index in [2.05, 4.69) is 45.1 Å². The SMILES string of the molecule is CCOc1c(Br)cc(CNCC2CCCCS2)cc1OC. The van der Waals surface area contributed by atoms with Gasteiger partial charge in [0, 0.05) is 18.3 Å². The molecule has 5 heteroatoms. The summed E-state index contributed by atoms with van der Waals surface area (Å²) in [6, 6.07) is 4.16. The second-order valence-corrected chi connectivity index (χ2v) is 7.42. The first kappa shape index (κ1) is 17.0. The van der Waals surface area contributed by atoms with Crippen LogP contribution < -0.4 is 14.8 Å². The van der Waals surface area contributed by atoms with Crippen LogP contribution in [0.2, 0.25) is 0 Å². The Morgan fingerprint density at radius 1 is 1.38 bits per heavy atom. The van der Waals surface area contributed by atoms with Gasteiger partial charge in [-0.2, -0.15) is 11.8 Å². The smallest absolute Gasteiger partial charge is 0.175 e. The van der Waals surface area contributed by atoms with Crippen LogP contribution in [0.5, 0.6) is 11.5 Å². The molecule has 0 bridgehead atoms. The second-order valence-electron chi connectivity index (χ2n) is 5.16. The summed E-state index contributed by atoms with van der Waals surface area (Å²) >= 11 is 5.67. The van der Waals surface area contributed by atoms with Crippen LogP contribution in [0.4, 0.5) is 0 Å². The zero-order chi connectivity index (χ0) is 15.1. The monoisotopic (exact) mass is 373 g/mol. The van der Waals surface area contributed by atoms with Gasteiger partial charge >= 0.3 is 0 Å². The fourth-order valence-corrected chi connectivity index (χ4v) is 4.38. The van der Waals surface area contributed by atoms with Crippen molar-refractivity contribution in [2.24, 2.45) is 0 Å². The van der Waals surface area contributed by atoms with Crippen LogP contribution in [-0.4, -0.2) is 31.3 Å². The molecule has 1 saturated heterocycles. The summed E-state index contributed by atoms with van der Waals surface area (Å²) < 4.78 is 12.0. The Morgan fingerprint density at radius 2 is 2.24 bits per heavy atom. The molecular formula is C16H24BrNO2S. The van der Waals surface area contributed by atoms with Crippen LogP contribution in [-0.2, 0) is 6.54 Å². The molecule has 0 aliphatic carbocycles. The number of ether oxygens (including phenoxy) is 2. The van der Waals surface area contributed by atoms with Gasteiger partial charge in [0.2, 0.25) is 0 Å². The maximum absolute atomic E-state index is 5.62. The summed E-state index contributed by atoms with van der Waals surface area (Å²) in [7, 11) is 1.68. The number of rotatable bonds is 7. The van der Waals surface area contributed by atoms with Gasteiger partial charge in [0.1, 0.15) is 0 Å². The second kappa shape index (κ2) is 8.91. The fourth-order valence-electron chi connectivity index (χ4n) is 2.51. The van der Waals surface area contributed by atoms with Crippen LogP contribution in [0, 0.1) is 0 Å². The van der Waals surface area contributed by atoms with Gasteiger partial charge < -0.3 is 14.8 Å². The van der Waals surface area contributed by atoms with Crippen molar-refractivity contribution in [1.82, 2.24) is 5.32 Å². The van der Waals surface area contributed by atoms with Crippen LogP contribution in [0.25, 0.3) is 0 Å². The highest BCUT2D eigenvalue weighted by Crippen LogP contribution is 2.36. The average molecular weight is 374 g/mol. The molecule has 1 aromatic carbocycles. The number of benzene rings is 1. The molecule has 1 atom stereocenters. The minimum Gasteiger partial charge on any atom is -0.493 e. The predicted molar refractivity (Wildman–Crippen MR) is 93.7 cm³/mol. The van der Waals surface area contributed by atoms with Crippen LogP contribution in [0.3, 0.4) is 0 Å². The molecule has 1 heterocycles. The standard InChI is InChI=1S/C16H24BrNO2S/c1-3-20-16-14(17)8-12(9-15(16)19-2)10-18-11-13-6-4-5-7-21-13/h8-9,13,18H,3-7,10-11H2,1-2H3. The Morgan fingerprint density at radius 3 is 2.90 bits per heavy atom. The van der Waals surface area contributed by atoms with Crippen molar-refractivity contribution in [3.8, 4) is 11.5 Å².